The zero-order valence-electron chi connectivity index (χ0n) is 16.2. The number of benzene rings is 1. The fourth-order valence-corrected chi connectivity index (χ4v) is 3.36. The van der Waals surface area contributed by atoms with Crippen LogP contribution >= 0.6 is 0 Å². The SMILES string of the molecule is CNC(=O)C(=O)NC[C@H](c1ccco1)N1CCN(c2ccc(OC)cc2)CC1. The normalized spacial score (nSPS) is 15.7. The van der Waals surface area contributed by atoms with Crippen molar-refractivity contribution >= 4 is 17.5 Å². The number of amides is 2. The van der Waals surface area contributed by atoms with E-state index in [-0.39, 0.29) is 6.04 Å². The van der Waals surface area contributed by atoms with Crippen LogP contribution in [0.2, 0.25) is 0 Å². The molecule has 0 saturated carbocycles. The molecule has 1 aliphatic rings. The Kier molecular flexibility index (Phi) is 6.54. The Hall–Kier alpha value is -3.00. The molecule has 3 rings (SSSR count). The minimum Gasteiger partial charge on any atom is -0.497 e. The minimum atomic E-state index is -0.650. The third-order valence-electron chi connectivity index (χ3n) is 4.95. The molecule has 1 aliphatic heterocycles. The molecule has 8 heteroatoms. The lowest BCUT2D eigenvalue weighted by Gasteiger charge is -2.39. The number of furan rings is 1. The number of nitrogens with one attached hydrogen (secondary N) is 2. The highest BCUT2D eigenvalue weighted by Gasteiger charge is 2.28. The molecule has 0 spiro atoms. The number of anilines is 1. The van der Waals surface area contributed by atoms with Crippen molar-refractivity contribution in [3.05, 3.63) is 48.4 Å². The topological polar surface area (TPSA) is 87.0 Å². The van der Waals surface area contributed by atoms with Crippen LogP contribution in [0.15, 0.2) is 47.1 Å². The second-order valence-corrected chi connectivity index (χ2v) is 6.54. The number of carbonyl (C=O) groups is 2. The van der Waals surface area contributed by atoms with Crippen molar-refractivity contribution in [2.45, 2.75) is 6.04 Å². The molecule has 1 fully saturated rings. The maximum Gasteiger partial charge on any atom is 0.309 e. The molecule has 2 aromatic rings. The van der Waals surface area contributed by atoms with Gasteiger partial charge in [0.1, 0.15) is 11.5 Å². The van der Waals surface area contributed by atoms with Crippen LogP contribution in [-0.4, -0.2) is 63.6 Å². The summed E-state index contributed by atoms with van der Waals surface area (Å²) in [5.41, 5.74) is 1.16. The second-order valence-electron chi connectivity index (χ2n) is 6.54. The van der Waals surface area contributed by atoms with E-state index < -0.39 is 11.8 Å². The standard InChI is InChI=1S/C20H26N4O4/c1-21-19(25)20(26)22-14-17(18-4-3-13-28-18)24-11-9-23(10-12-24)15-5-7-16(27-2)8-6-15/h3-8,13,17H,9-12,14H2,1-2H3,(H,21,25)(H,22,26)/t17-/m1/s1. The summed E-state index contributed by atoms with van der Waals surface area (Å²) in [6, 6.07) is 11.6. The average molecular weight is 386 g/mol. The van der Waals surface area contributed by atoms with Crippen LogP contribution in [0.4, 0.5) is 5.69 Å². The molecule has 0 radical (unpaired) electrons. The van der Waals surface area contributed by atoms with Crippen molar-refractivity contribution in [3.8, 4) is 5.75 Å². The number of carbonyl (C=O) groups excluding carboxylic acids is 2. The molecular formula is C20H26N4O4. The molecule has 28 heavy (non-hydrogen) atoms. The zero-order chi connectivity index (χ0) is 19.9. The Labute approximate surface area is 164 Å². The van der Waals surface area contributed by atoms with Crippen LogP contribution in [0.1, 0.15) is 11.8 Å². The predicted octanol–water partition coefficient (Wildman–Crippen LogP) is 1.01. The summed E-state index contributed by atoms with van der Waals surface area (Å²) in [5, 5.41) is 5.03. The first kappa shape index (κ1) is 19.8. The fourth-order valence-electron chi connectivity index (χ4n) is 3.36. The maximum atomic E-state index is 11.8. The molecule has 2 N–H and O–H groups in total. The van der Waals surface area contributed by atoms with Gasteiger partial charge in [-0.3, -0.25) is 14.5 Å². The van der Waals surface area contributed by atoms with Crippen molar-refractivity contribution in [1.82, 2.24) is 15.5 Å². The van der Waals surface area contributed by atoms with E-state index in [1.54, 1.807) is 13.4 Å². The first-order valence-electron chi connectivity index (χ1n) is 9.28. The number of likely N-dealkylation sites (N-methyl/N-ethyl adjacent to an activating group) is 1. The van der Waals surface area contributed by atoms with Gasteiger partial charge in [-0.05, 0) is 36.4 Å². The third-order valence-corrected chi connectivity index (χ3v) is 4.95. The van der Waals surface area contributed by atoms with Crippen LogP contribution in [0.3, 0.4) is 0 Å². The molecule has 0 aliphatic carbocycles. The summed E-state index contributed by atoms with van der Waals surface area (Å²) in [6.07, 6.45) is 1.62. The zero-order valence-corrected chi connectivity index (χ0v) is 16.2. The molecule has 0 bridgehead atoms. The molecule has 8 nitrogen and oxygen atoms in total. The molecular weight excluding hydrogens is 360 g/mol. The van der Waals surface area contributed by atoms with E-state index in [2.05, 4.69) is 32.6 Å². The van der Waals surface area contributed by atoms with Crippen LogP contribution in [0.25, 0.3) is 0 Å². The van der Waals surface area contributed by atoms with Gasteiger partial charge in [0.25, 0.3) is 0 Å². The predicted molar refractivity (Wildman–Crippen MR) is 105 cm³/mol. The van der Waals surface area contributed by atoms with Crippen molar-refractivity contribution in [1.29, 1.82) is 0 Å². The summed E-state index contributed by atoms with van der Waals surface area (Å²) in [5.74, 6) is 0.320. The van der Waals surface area contributed by atoms with Gasteiger partial charge in [0, 0.05) is 45.5 Å². The molecule has 1 atom stereocenters. The quantitative estimate of drug-likeness (QED) is 0.721. The van der Waals surface area contributed by atoms with Crippen LogP contribution < -0.4 is 20.3 Å². The summed E-state index contributed by atoms with van der Waals surface area (Å²) in [6.45, 7) is 3.64. The average Bonchev–Trinajstić information content (AvgIpc) is 3.28. The van der Waals surface area contributed by atoms with Crippen molar-refractivity contribution in [2.75, 3.05) is 51.8 Å². The van der Waals surface area contributed by atoms with Crippen LogP contribution in [0, 0.1) is 0 Å². The first-order chi connectivity index (χ1) is 13.6. The lowest BCUT2D eigenvalue weighted by molar-refractivity contribution is -0.139. The van der Waals surface area contributed by atoms with E-state index in [0.29, 0.717) is 6.54 Å². The highest BCUT2D eigenvalue weighted by atomic mass is 16.5. The third kappa shape index (κ3) is 4.64. The number of methoxy groups -OCH3 is 1. The Balaban J connectivity index is 1.62. The van der Waals surface area contributed by atoms with E-state index in [1.165, 1.54) is 7.05 Å². The Bertz CT molecular complexity index is 768. The van der Waals surface area contributed by atoms with Crippen molar-refractivity contribution in [2.24, 2.45) is 0 Å². The van der Waals surface area contributed by atoms with Crippen LogP contribution in [0.5, 0.6) is 5.75 Å². The largest absolute Gasteiger partial charge is 0.497 e. The monoisotopic (exact) mass is 386 g/mol. The Morgan fingerprint density at radius 3 is 2.39 bits per heavy atom. The highest BCUT2D eigenvalue weighted by Crippen LogP contribution is 2.25. The number of hydrogen-bond donors (Lipinski definition) is 2. The summed E-state index contributed by atoms with van der Waals surface area (Å²) < 4.78 is 10.8. The van der Waals surface area contributed by atoms with E-state index in [0.717, 1.165) is 43.4 Å². The van der Waals surface area contributed by atoms with Gasteiger partial charge in [0.15, 0.2) is 0 Å². The van der Waals surface area contributed by atoms with Gasteiger partial charge in [0.2, 0.25) is 0 Å². The molecule has 0 unspecified atom stereocenters. The molecule has 1 aromatic carbocycles. The Morgan fingerprint density at radius 2 is 1.82 bits per heavy atom. The molecule has 1 saturated heterocycles. The van der Waals surface area contributed by atoms with Gasteiger partial charge >= 0.3 is 11.8 Å². The molecule has 1 aromatic heterocycles. The molecule has 2 heterocycles. The number of ether oxygens (including phenoxy) is 1. The van der Waals surface area contributed by atoms with Crippen molar-refractivity contribution in [3.63, 3.8) is 0 Å². The van der Waals surface area contributed by atoms with E-state index in [4.69, 9.17) is 9.15 Å². The fraction of sp³-hybridized carbons (Fsp3) is 0.400. The minimum absolute atomic E-state index is 0.123. The van der Waals surface area contributed by atoms with Crippen LogP contribution in [-0.2, 0) is 9.59 Å². The van der Waals surface area contributed by atoms with Crippen molar-refractivity contribution < 1.29 is 18.7 Å². The number of nitrogens with zero attached hydrogens (tertiary/aromatic N) is 2. The van der Waals surface area contributed by atoms with Gasteiger partial charge in [-0.15, -0.1) is 0 Å². The maximum absolute atomic E-state index is 11.8. The summed E-state index contributed by atoms with van der Waals surface area (Å²) >= 11 is 0. The van der Waals surface area contributed by atoms with E-state index >= 15 is 0 Å². The first-order valence-corrected chi connectivity index (χ1v) is 9.28. The van der Waals surface area contributed by atoms with Gasteiger partial charge in [-0.25, -0.2) is 0 Å². The second kappa shape index (κ2) is 9.27. The lowest BCUT2D eigenvalue weighted by atomic mass is 10.1. The Morgan fingerprint density at radius 1 is 1.11 bits per heavy atom. The summed E-state index contributed by atoms with van der Waals surface area (Å²) in [4.78, 5) is 27.9. The number of rotatable bonds is 6. The van der Waals surface area contributed by atoms with E-state index in [1.807, 2.05) is 24.3 Å². The van der Waals surface area contributed by atoms with Gasteiger partial charge in [-0.2, -0.15) is 0 Å². The summed E-state index contributed by atoms with van der Waals surface area (Å²) in [7, 11) is 3.09. The van der Waals surface area contributed by atoms with E-state index in [9.17, 15) is 9.59 Å². The van der Waals surface area contributed by atoms with Gasteiger partial charge in [0.05, 0.1) is 19.4 Å². The number of hydrogen-bond acceptors (Lipinski definition) is 6. The number of piperazine rings is 1. The smallest absolute Gasteiger partial charge is 0.309 e. The molecule has 2 amide bonds. The van der Waals surface area contributed by atoms with Gasteiger partial charge < -0.3 is 24.7 Å². The highest BCUT2D eigenvalue weighted by molar-refractivity contribution is 6.35. The van der Waals surface area contributed by atoms with Gasteiger partial charge in [-0.1, -0.05) is 0 Å². The molecule has 150 valence electrons. The lowest BCUT2D eigenvalue weighted by Crippen LogP contribution is -2.50.